The summed E-state index contributed by atoms with van der Waals surface area (Å²) in [7, 11) is 1.57. The highest BCUT2D eigenvalue weighted by atomic mass is 127. The molecule has 1 saturated heterocycles. The predicted octanol–water partition coefficient (Wildman–Crippen LogP) is 5.65. The second kappa shape index (κ2) is 9.35. The first-order valence-corrected chi connectivity index (χ1v) is 10.3. The van der Waals surface area contributed by atoms with E-state index in [1.54, 1.807) is 7.11 Å². The van der Waals surface area contributed by atoms with Crippen LogP contribution in [0.3, 0.4) is 0 Å². The van der Waals surface area contributed by atoms with Crippen LogP contribution in [0.25, 0.3) is 0 Å². The standard InChI is InChI=1S/C21H23F3INO2/c1-27-19-11-16(12-26-9-5-8-17(13-26)21(22,23)24)10-18(25)20(19)28-14-15-6-3-2-4-7-15/h2-4,6-7,10-11,17H,5,8-9,12-14H2,1H3. The molecule has 3 nitrogen and oxygen atoms in total. The Morgan fingerprint density at radius 2 is 1.89 bits per heavy atom. The quantitative estimate of drug-likeness (QED) is 0.474. The largest absolute Gasteiger partial charge is 0.493 e. The highest BCUT2D eigenvalue weighted by Crippen LogP contribution is 2.36. The van der Waals surface area contributed by atoms with Crippen molar-refractivity contribution >= 4 is 22.6 Å². The van der Waals surface area contributed by atoms with E-state index in [1.165, 1.54) is 0 Å². The molecule has 0 aromatic heterocycles. The van der Waals surface area contributed by atoms with Gasteiger partial charge in [-0.05, 0) is 65.2 Å². The zero-order chi connectivity index (χ0) is 20.1. The van der Waals surface area contributed by atoms with E-state index in [4.69, 9.17) is 9.47 Å². The van der Waals surface area contributed by atoms with Gasteiger partial charge in [0, 0.05) is 13.1 Å². The van der Waals surface area contributed by atoms with Gasteiger partial charge in [0.1, 0.15) is 6.61 Å². The molecule has 1 unspecified atom stereocenters. The van der Waals surface area contributed by atoms with Crippen LogP contribution in [-0.2, 0) is 13.2 Å². The van der Waals surface area contributed by atoms with Gasteiger partial charge in [0.2, 0.25) is 0 Å². The Kier molecular flexibility index (Phi) is 7.09. The Balaban J connectivity index is 1.70. The lowest BCUT2D eigenvalue weighted by molar-refractivity contribution is -0.187. The Morgan fingerprint density at radius 3 is 2.57 bits per heavy atom. The van der Waals surface area contributed by atoms with Crippen LogP contribution in [0.5, 0.6) is 11.5 Å². The lowest BCUT2D eigenvalue weighted by Gasteiger charge is -2.33. The third kappa shape index (κ3) is 5.53. The van der Waals surface area contributed by atoms with Gasteiger partial charge < -0.3 is 9.47 Å². The van der Waals surface area contributed by atoms with E-state index < -0.39 is 12.1 Å². The maximum atomic E-state index is 13.0. The van der Waals surface area contributed by atoms with E-state index in [0.717, 1.165) is 14.7 Å². The van der Waals surface area contributed by atoms with Crippen molar-refractivity contribution in [1.82, 2.24) is 4.90 Å². The van der Waals surface area contributed by atoms with Gasteiger partial charge in [-0.15, -0.1) is 0 Å². The molecule has 1 heterocycles. The molecule has 1 fully saturated rings. The zero-order valence-corrected chi connectivity index (χ0v) is 17.8. The number of methoxy groups -OCH3 is 1. The van der Waals surface area contributed by atoms with Crippen LogP contribution in [0.1, 0.15) is 24.0 Å². The molecular formula is C21H23F3INO2. The molecule has 3 rings (SSSR count). The van der Waals surface area contributed by atoms with Crippen molar-refractivity contribution in [2.75, 3.05) is 20.2 Å². The van der Waals surface area contributed by atoms with Crippen LogP contribution >= 0.6 is 22.6 Å². The first-order valence-electron chi connectivity index (χ1n) is 9.19. The van der Waals surface area contributed by atoms with E-state index >= 15 is 0 Å². The van der Waals surface area contributed by atoms with E-state index in [2.05, 4.69) is 22.6 Å². The molecule has 2 aromatic carbocycles. The molecule has 0 bridgehead atoms. The van der Waals surface area contributed by atoms with Crippen LogP contribution < -0.4 is 9.47 Å². The summed E-state index contributed by atoms with van der Waals surface area (Å²) in [5.41, 5.74) is 1.98. The van der Waals surface area contributed by atoms with Gasteiger partial charge in [-0.25, -0.2) is 0 Å². The normalized spacial score (nSPS) is 18.1. The smallest absolute Gasteiger partial charge is 0.393 e. The number of likely N-dealkylation sites (tertiary alicyclic amines) is 1. The second-order valence-corrected chi connectivity index (χ2v) is 8.16. The van der Waals surface area contributed by atoms with E-state index in [-0.39, 0.29) is 13.0 Å². The number of benzene rings is 2. The van der Waals surface area contributed by atoms with Crippen molar-refractivity contribution in [1.29, 1.82) is 0 Å². The number of hydrogen-bond donors (Lipinski definition) is 0. The average molecular weight is 505 g/mol. The van der Waals surface area contributed by atoms with Crippen LogP contribution in [-0.4, -0.2) is 31.3 Å². The van der Waals surface area contributed by atoms with E-state index in [9.17, 15) is 13.2 Å². The van der Waals surface area contributed by atoms with Crippen molar-refractivity contribution in [3.05, 3.63) is 57.2 Å². The van der Waals surface area contributed by atoms with E-state index in [1.807, 2.05) is 47.4 Å². The fraction of sp³-hybridized carbons (Fsp3) is 0.429. The van der Waals surface area contributed by atoms with Gasteiger partial charge in [0.25, 0.3) is 0 Å². The van der Waals surface area contributed by atoms with Gasteiger partial charge in [-0.2, -0.15) is 13.2 Å². The Hall–Kier alpha value is -1.48. The number of hydrogen-bond acceptors (Lipinski definition) is 3. The first kappa shape index (κ1) is 21.2. The minimum absolute atomic E-state index is 0.0503. The minimum Gasteiger partial charge on any atom is -0.493 e. The number of piperidine rings is 1. The van der Waals surface area contributed by atoms with Gasteiger partial charge in [0.05, 0.1) is 16.6 Å². The first-order chi connectivity index (χ1) is 13.4. The van der Waals surface area contributed by atoms with Crippen molar-refractivity contribution in [3.8, 4) is 11.5 Å². The summed E-state index contributed by atoms with van der Waals surface area (Å²) in [6, 6.07) is 13.7. The summed E-state index contributed by atoms with van der Waals surface area (Å²) < 4.78 is 51.5. The number of ether oxygens (including phenoxy) is 2. The number of alkyl halides is 3. The summed E-state index contributed by atoms with van der Waals surface area (Å²) in [4.78, 5) is 1.87. The predicted molar refractivity (Wildman–Crippen MR) is 111 cm³/mol. The molecule has 7 heteroatoms. The van der Waals surface area contributed by atoms with Crippen molar-refractivity contribution in [2.24, 2.45) is 5.92 Å². The summed E-state index contributed by atoms with van der Waals surface area (Å²) >= 11 is 2.19. The molecule has 1 aliphatic rings. The highest BCUT2D eigenvalue weighted by Gasteiger charge is 2.41. The maximum Gasteiger partial charge on any atom is 0.393 e. The molecule has 0 amide bonds. The van der Waals surface area contributed by atoms with Crippen molar-refractivity contribution < 1.29 is 22.6 Å². The summed E-state index contributed by atoms with van der Waals surface area (Å²) in [5, 5.41) is 0. The van der Waals surface area contributed by atoms with Crippen LogP contribution in [0.2, 0.25) is 0 Å². The van der Waals surface area contributed by atoms with Crippen molar-refractivity contribution in [3.63, 3.8) is 0 Å². The summed E-state index contributed by atoms with van der Waals surface area (Å²) in [6.45, 7) is 1.62. The van der Waals surface area contributed by atoms with E-state index in [0.29, 0.717) is 37.6 Å². The van der Waals surface area contributed by atoms with Crippen LogP contribution in [0.15, 0.2) is 42.5 Å². The zero-order valence-electron chi connectivity index (χ0n) is 15.6. The number of halogens is 4. The maximum absolute atomic E-state index is 13.0. The lowest BCUT2D eigenvalue weighted by atomic mass is 9.97. The molecular weight excluding hydrogens is 482 g/mol. The third-order valence-corrected chi connectivity index (χ3v) is 5.69. The molecule has 2 aromatic rings. The van der Waals surface area contributed by atoms with Gasteiger partial charge in [0.15, 0.2) is 11.5 Å². The van der Waals surface area contributed by atoms with Gasteiger partial charge in [-0.3, -0.25) is 4.90 Å². The summed E-state index contributed by atoms with van der Waals surface area (Å²) in [5.74, 6) is 0.0143. The summed E-state index contributed by atoms with van der Waals surface area (Å²) in [6.07, 6.45) is -3.34. The topological polar surface area (TPSA) is 21.7 Å². The molecule has 0 aliphatic carbocycles. The molecule has 0 N–H and O–H groups in total. The monoisotopic (exact) mass is 505 g/mol. The SMILES string of the molecule is COc1cc(CN2CCCC(C(F)(F)F)C2)cc(I)c1OCc1ccccc1. The average Bonchev–Trinajstić information content (AvgIpc) is 2.67. The molecule has 1 aliphatic heterocycles. The second-order valence-electron chi connectivity index (χ2n) is 7.00. The lowest BCUT2D eigenvalue weighted by Crippen LogP contribution is -2.41. The van der Waals surface area contributed by atoms with Crippen LogP contribution in [0.4, 0.5) is 13.2 Å². The molecule has 1 atom stereocenters. The minimum atomic E-state index is -4.13. The molecule has 28 heavy (non-hydrogen) atoms. The molecule has 0 saturated carbocycles. The number of nitrogens with zero attached hydrogens (tertiary/aromatic N) is 1. The van der Waals surface area contributed by atoms with Gasteiger partial charge >= 0.3 is 6.18 Å². The number of rotatable bonds is 6. The molecule has 0 radical (unpaired) electrons. The Bertz CT molecular complexity index is 783. The third-order valence-electron chi connectivity index (χ3n) is 4.89. The Morgan fingerprint density at radius 1 is 1.14 bits per heavy atom. The molecule has 152 valence electrons. The van der Waals surface area contributed by atoms with Crippen molar-refractivity contribution in [2.45, 2.75) is 32.2 Å². The fourth-order valence-corrected chi connectivity index (χ4v) is 4.28. The van der Waals surface area contributed by atoms with Gasteiger partial charge in [-0.1, -0.05) is 30.3 Å². The van der Waals surface area contributed by atoms with Crippen LogP contribution in [0, 0.1) is 9.49 Å². The highest BCUT2D eigenvalue weighted by molar-refractivity contribution is 14.1. The Labute approximate surface area is 177 Å². The fourth-order valence-electron chi connectivity index (χ4n) is 3.46. The molecule has 0 spiro atoms.